The first-order chi connectivity index (χ1) is 12.0. The first-order valence-electron chi connectivity index (χ1n) is 7.15. The molecule has 9 heteroatoms. The van der Waals surface area contributed by atoms with Crippen molar-refractivity contribution in [2.75, 3.05) is 18.9 Å². The number of hydrogen-bond donors (Lipinski definition) is 1. The Labute approximate surface area is 144 Å². The quantitative estimate of drug-likeness (QED) is 0.719. The average molecular weight is 361 g/mol. The molecule has 130 valence electrons. The molecule has 0 saturated carbocycles. The highest BCUT2D eigenvalue weighted by Gasteiger charge is 2.21. The van der Waals surface area contributed by atoms with Crippen molar-refractivity contribution >= 4 is 15.7 Å². The van der Waals surface area contributed by atoms with Gasteiger partial charge in [0.1, 0.15) is 16.4 Å². The Morgan fingerprint density at radius 1 is 1.04 bits per heavy atom. The maximum absolute atomic E-state index is 12.7. The van der Waals surface area contributed by atoms with Gasteiger partial charge in [0.25, 0.3) is 10.0 Å². The van der Waals surface area contributed by atoms with Gasteiger partial charge in [-0.05, 0) is 36.4 Å². The Hall–Kier alpha value is -3.07. The van der Waals surface area contributed by atoms with Gasteiger partial charge < -0.3 is 14.0 Å². The fraction of sp³-hybridized carbons (Fsp3) is 0.125. The van der Waals surface area contributed by atoms with E-state index >= 15 is 0 Å². The van der Waals surface area contributed by atoms with E-state index < -0.39 is 10.0 Å². The van der Waals surface area contributed by atoms with E-state index in [4.69, 9.17) is 9.47 Å². The van der Waals surface area contributed by atoms with E-state index in [1.165, 1.54) is 32.7 Å². The molecule has 0 radical (unpaired) electrons. The van der Waals surface area contributed by atoms with Crippen molar-refractivity contribution in [1.29, 1.82) is 0 Å². The van der Waals surface area contributed by atoms with E-state index in [-0.39, 0.29) is 10.6 Å². The molecule has 0 bridgehead atoms. The summed E-state index contributed by atoms with van der Waals surface area (Å²) in [5.41, 5.74) is 1.09. The molecule has 0 aliphatic carbocycles. The van der Waals surface area contributed by atoms with E-state index in [0.717, 1.165) is 0 Å². The van der Waals surface area contributed by atoms with Gasteiger partial charge in [0.05, 0.1) is 14.2 Å². The molecule has 0 unspecified atom stereocenters. The van der Waals surface area contributed by atoms with E-state index in [0.29, 0.717) is 22.8 Å². The monoisotopic (exact) mass is 361 g/mol. The summed E-state index contributed by atoms with van der Waals surface area (Å²) in [5.74, 6) is 1.05. The highest BCUT2D eigenvalue weighted by Crippen LogP contribution is 2.30. The molecule has 0 aliphatic heterocycles. The van der Waals surface area contributed by atoms with Crippen LogP contribution >= 0.6 is 0 Å². The van der Waals surface area contributed by atoms with Gasteiger partial charge >= 0.3 is 0 Å². The lowest BCUT2D eigenvalue weighted by Gasteiger charge is -2.13. The van der Waals surface area contributed by atoms with Crippen molar-refractivity contribution in [1.82, 2.24) is 10.1 Å². The third-order valence-corrected chi connectivity index (χ3v) is 4.82. The third kappa shape index (κ3) is 3.56. The number of aromatic nitrogens is 2. The van der Waals surface area contributed by atoms with Crippen molar-refractivity contribution in [2.45, 2.75) is 4.90 Å². The van der Waals surface area contributed by atoms with Crippen LogP contribution in [0.1, 0.15) is 0 Å². The predicted octanol–water partition coefficient (Wildman–Crippen LogP) is 2.55. The largest absolute Gasteiger partial charge is 0.497 e. The molecule has 8 nitrogen and oxygen atoms in total. The van der Waals surface area contributed by atoms with Crippen molar-refractivity contribution < 1.29 is 22.4 Å². The lowest BCUT2D eigenvalue weighted by atomic mass is 10.2. The van der Waals surface area contributed by atoms with Gasteiger partial charge in [-0.3, -0.25) is 4.72 Å². The van der Waals surface area contributed by atoms with E-state index in [1.807, 2.05) is 0 Å². The number of hydrogen-bond acceptors (Lipinski definition) is 7. The maximum Gasteiger partial charge on any atom is 0.265 e. The summed E-state index contributed by atoms with van der Waals surface area (Å²) in [4.78, 5) is 3.92. The number of benzene rings is 2. The van der Waals surface area contributed by atoms with Crippen molar-refractivity contribution in [2.24, 2.45) is 0 Å². The van der Waals surface area contributed by atoms with E-state index in [1.54, 1.807) is 30.3 Å². The molecule has 1 N–H and O–H groups in total. The fourth-order valence-electron chi connectivity index (χ4n) is 2.19. The van der Waals surface area contributed by atoms with Crippen LogP contribution in [-0.4, -0.2) is 32.8 Å². The number of methoxy groups -OCH3 is 2. The first kappa shape index (κ1) is 16.8. The lowest BCUT2D eigenvalue weighted by Crippen LogP contribution is -2.14. The second-order valence-corrected chi connectivity index (χ2v) is 6.61. The molecule has 1 heterocycles. The zero-order valence-electron chi connectivity index (χ0n) is 13.5. The van der Waals surface area contributed by atoms with Crippen LogP contribution in [0.4, 0.5) is 5.69 Å². The molecule has 3 rings (SSSR count). The van der Waals surface area contributed by atoms with Gasteiger partial charge in [0.15, 0.2) is 0 Å². The van der Waals surface area contributed by atoms with Crippen LogP contribution in [0.2, 0.25) is 0 Å². The number of nitrogens with one attached hydrogen (secondary N) is 1. The minimum Gasteiger partial charge on any atom is -0.497 e. The summed E-state index contributed by atoms with van der Waals surface area (Å²) in [6.07, 6.45) is 1.22. The molecule has 3 aromatic rings. The van der Waals surface area contributed by atoms with Crippen LogP contribution in [0.25, 0.3) is 11.4 Å². The second kappa shape index (κ2) is 6.81. The first-order valence-corrected chi connectivity index (χ1v) is 8.63. The molecule has 0 fully saturated rings. The van der Waals surface area contributed by atoms with Crippen molar-refractivity contribution in [3.63, 3.8) is 0 Å². The maximum atomic E-state index is 12.7. The third-order valence-electron chi connectivity index (χ3n) is 3.42. The van der Waals surface area contributed by atoms with Crippen LogP contribution < -0.4 is 14.2 Å². The molecule has 0 saturated heterocycles. The zero-order chi connectivity index (χ0) is 17.9. The summed E-state index contributed by atoms with van der Waals surface area (Å²) in [5, 5.41) is 3.72. The summed E-state index contributed by atoms with van der Waals surface area (Å²) < 4.78 is 42.8. The van der Waals surface area contributed by atoms with E-state index in [2.05, 4.69) is 19.4 Å². The Balaban J connectivity index is 1.89. The minimum atomic E-state index is -3.86. The van der Waals surface area contributed by atoms with Crippen molar-refractivity contribution in [3.8, 4) is 22.9 Å². The van der Waals surface area contributed by atoms with Gasteiger partial charge in [-0.15, -0.1) is 0 Å². The molecule has 0 atom stereocenters. The SMILES string of the molecule is COc1ccc(OC)c(S(=O)(=O)Nc2ccc(-c3ncon3)cc2)c1. The molecule has 0 spiro atoms. The van der Waals surface area contributed by atoms with Crippen LogP contribution in [0, 0.1) is 0 Å². The molecular weight excluding hydrogens is 346 g/mol. The summed E-state index contributed by atoms with van der Waals surface area (Å²) >= 11 is 0. The zero-order valence-corrected chi connectivity index (χ0v) is 14.3. The smallest absolute Gasteiger partial charge is 0.265 e. The highest BCUT2D eigenvalue weighted by atomic mass is 32.2. The van der Waals surface area contributed by atoms with Crippen LogP contribution in [0.15, 0.2) is 58.3 Å². The molecule has 25 heavy (non-hydrogen) atoms. The van der Waals surface area contributed by atoms with Gasteiger partial charge in [0, 0.05) is 17.3 Å². The normalized spacial score (nSPS) is 11.1. The number of nitrogens with zero attached hydrogens (tertiary/aromatic N) is 2. The predicted molar refractivity (Wildman–Crippen MR) is 90.1 cm³/mol. The van der Waals surface area contributed by atoms with Crippen LogP contribution in [0.3, 0.4) is 0 Å². The topological polar surface area (TPSA) is 104 Å². The minimum absolute atomic E-state index is 0.0170. The Morgan fingerprint density at radius 2 is 1.80 bits per heavy atom. The lowest BCUT2D eigenvalue weighted by molar-refractivity contribution is 0.392. The summed E-state index contributed by atoms with van der Waals surface area (Å²) in [7, 11) is -0.996. The Bertz CT molecular complexity index is 954. The highest BCUT2D eigenvalue weighted by molar-refractivity contribution is 7.92. The molecular formula is C16H15N3O5S. The van der Waals surface area contributed by atoms with E-state index in [9.17, 15) is 8.42 Å². The number of ether oxygens (including phenoxy) is 2. The number of sulfonamides is 1. The molecule has 1 aromatic heterocycles. The fourth-order valence-corrected chi connectivity index (χ4v) is 3.43. The van der Waals surface area contributed by atoms with Crippen molar-refractivity contribution in [3.05, 3.63) is 48.9 Å². The number of anilines is 1. The van der Waals surface area contributed by atoms with Gasteiger partial charge in [0.2, 0.25) is 12.2 Å². The Morgan fingerprint density at radius 3 is 2.40 bits per heavy atom. The summed E-state index contributed by atoms with van der Waals surface area (Å²) in [6.45, 7) is 0. The standard InChI is InChI=1S/C16H15N3O5S/c1-22-13-7-8-14(23-2)15(9-13)25(20,21)19-12-5-3-11(4-6-12)16-17-10-24-18-16/h3-10,19H,1-2H3. The van der Waals surface area contributed by atoms with Gasteiger partial charge in [-0.2, -0.15) is 4.98 Å². The second-order valence-electron chi connectivity index (χ2n) is 4.95. The summed E-state index contributed by atoms with van der Waals surface area (Å²) in [6, 6.07) is 11.1. The van der Waals surface area contributed by atoms with Crippen LogP contribution in [-0.2, 0) is 10.0 Å². The average Bonchev–Trinajstić information content (AvgIpc) is 3.16. The Kier molecular flexibility index (Phi) is 4.57. The molecule has 0 amide bonds. The number of rotatable bonds is 6. The van der Waals surface area contributed by atoms with Crippen LogP contribution in [0.5, 0.6) is 11.5 Å². The van der Waals surface area contributed by atoms with Gasteiger partial charge in [-0.1, -0.05) is 5.16 Å². The molecule has 0 aliphatic rings. The van der Waals surface area contributed by atoms with Gasteiger partial charge in [-0.25, -0.2) is 8.42 Å². The molecule has 2 aromatic carbocycles.